The summed E-state index contributed by atoms with van der Waals surface area (Å²) in [7, 11) is 0. The van der Waals surface area contributed by atoms with Crippen LogP contribution >= 0.6 is 46.4 Å². The third-order valence-electron chi connectivity index (χ3n) is 1.46. The van der Waals surface area contributed by atoms with Crippen LogP contribution in [0.3, 0.4) is 0 Å². The number of halogens is 4. The third kappa shape index (κ3) is 2.75. The molecule has 0 spiro atoms. The van der Waals surface area contributed by atoms with Crippen molar-refractivity contribution in [3.8, 4) is 0 Å². The summed E-state index contributed by atoms with van der Waals surface area (Å²) in [4.78, 5) is 10.0. The molecule has 0 unspecified atom stereocenters. The molecule has 13 heavy (non-hydrogen) atoms. The third-order valence-corrected chi connectivity index (χ3v) is 2.48. The van der Waals surface area contributed by atoms with Gasteiger partial charge >= 0.3 is 0 Å². The number of hydrogen-bond donors (Lipinski definition) is 0. The first-order valence-corrected chi connectivity index (χ1v) is 4.92. The number of hydrogen-bond acceptors (Lipinski definition) is 1. The zero-order chi connectivity index (χ0) is 10.0. The van der Waals surface area contributed by atoms with Gasteiger partial charge < -0.3 is 0 Å². The molecule has 0 aliphatic heterocycles. The maximum atomic E-state index is 10.7. The van der Waals surface area contributed by atoms with Gasteiger partial charge in [0.2, 0.25) is 0 Å². The van der Waals surface area contributed by atoms with Gasteiger partial charge in [-0.1, -0.05) is 17.7 Å². The summed E-state index contributed by atoms with van der Waals surface area (Å²) in [5.41, 5.74) is 0.885. The largest absolute Gasteiger partial charge is 0.276 e. The summed E-state index contributed by atoms with van der Waals surface area (Å²) in [6.07, 6.45) is 0. The Kier molecular flexibility index (Phi) is 3.87. The highest BCUT2D eigenvalue weighted by Crippen LogP contribution is 2.31. The van der Waals surface area contributed by atoms with Crippen LogP contribution in [0, 0.1) is 0 Å². The van der Waals surface area contributed by atoms with Crippen molar-refractivity contribution in [3.05, 3.63) is 34.3 Å². The minimum Gasteiger partial charge on any atom is -0.276 e. The molecule has 0 aliphatic carbocycles. The van der Waals surface area contributed by atoms with Gasteiger partial charge in [0.1, 0.15) is 4.84 Å². The summed E-state index contributed by atoms with van der Waals surface area (Å²) in [6, 6.07) is 4.53. The van der Waals surface area contributed by atoms with Crippen molar-refractivity contribution in [1.82, 2.24) is 0 Å². The fraction of sp³-hybridized carbons (Fsp3) is 0.125. The second-order valence-corrected chi connectivity index (χ2v) is 4.16. The number of rotatable bonds is 2. The predicted molar refractivity (Wildman–Crippen MR) is 56.1 cm³/mol. The summed E-state index contributed by atoms with van der Waals surface area (Å²) in [5.74, 6) is 0. The molecular formula is C8H4Cl4O. The molecule has 1 nitrogen and oxygen atoms in total. The van der Waals surface area contributed by atoms with Gasteiger partial charge in [0.05, 0.1) is 0 Å². The second-order valence-electron chi connectivity index (χ2n) is 2.31. The molecular weight excluding hydrogens is 254 g/mol. The molecule has 0 amide bonds. The van der Waals surface area contributed by atoms with Crippen LogP contribution in [-0.2, 0) is 0 Å². The number of benzene rings is 1. The van der Waals surface area contributed by atoms with Gasteiger partial charge in [-0.3, -0.25) is 4.79 Å². The van der Waals surface area contributed by atoms with Crippen molar-refractivity contribution in [2.75, 3.05) is 0 Å². The highest BCUT2D eigenvalue weighted by Gasteiger charge is 2.10. The molecule has 0 radical (unpaired) electrons. The topological polar surface area (TPSA) is 17.1 Å². The van der Waals surface area contributed by atoms with Gasteiger partial charge in [-0.05, 0) is 23.7 Å². The van der Waals surface area contributed by atoms with E-state index in [0.29, 0.717) is 16.1 Å². The van der Waals surface area contributed by atoms with Gasteiger partial charge in [-0.25, -0.2) is 0 Å². The molecule has 5 heteroatoms. The lowest BCUT2D eigenvalue weighted by atomic mass is 10.2. The molecule has 0 saturated heterocycles. The van der Waals surface area contributed by atoms with E-state index in [1.54, 1.807) is 6.07 Å². The molecule has 70 valence electrons. The summed E-state index contributed by atoms with van der Waals surface area (Å²) < 4.78 is 0. The van der Waals surface area contributed by atoms with Crippen molar-refractivity contribution in [2.24, 2.45) is 0 Å². The Morgan fingerprint density at radius 1 is 1.31 bits per heavy atom. The number of carbonyl (C=O) groups is 1. The highest BCUT2D eigenvalue weighted by molar-refractivity contribution is 6.67. The van der Waals surface area contributed by atoms with Gasteiger partial charge in [0.15, 0.2) is 0 Å². The predicted octanol–water partition coefficient (Wildman–Crippen LogP) is 4.20. The Labute approximate surface area is 95.5 Å². The lowest BCUT2D eigenvalue weighted by Crippen LogP contribution is -1.91. The SMILES string of the molecule is O=C(Cl)c1ccc(C(Cl)Cl)c(Cl)c1. The summed E-state index contributed by atoms with van der Waals surface area (Å²) in [6.45, 7) is 0. The maximum Gasteiger partial charge on any atom is 0.252 e. The smallest absolute Gasteiger partial charge is 0.252 e. The van der Waals surface area contributed by atoms with E-state index in [0.717, 1.165) is 0 Å². The van der Waals surface area contributed by atoms with Crippen LogP contribution in [0.5, 0.6) is 0 Å². The molecule has 1 aromatic carbocycles. The molecule has 0 bridgehead atoms. The molecule has 1 rings (SSSR count). The van der Waals surface area contributed by atoms with Crippen LogP contribution in [0.4, 0.5) is 0 Å². The van der Waals surface area contributed by atoms with Gasteiger partial charge in [0.25, 0.3) is 5.24 Å². The Hall–Kier alpha value is 0.0500. The van der Waals surface area contributed by atoms with Crippen molar-refractivity contribution < 1.29 is 4.79 Å². The first-order chi connectivity index (χ1) is 6.02. The van der Waals surface area contributed by atoms with Gasteiger partial charge in [-0.2, -0.15) is 0 Å². The maximum absolute atomic E-state index is 10.7. The zero-order valence-corrected chi connectivity index (χ0v) is 9.25. The van der Waals surface area contributed by atoms with Crippen molar-refractivity contribution >= 4 is 51.6 Å². The normalized spacial score (nSPS) is 10.5. The Morgan fingerprint density at radius 2 is 1.92 bits per heavy atom. The van der Waals surface area contributed by atoms with Gasteiger partial charge in [0, 0.05) is 16.1 Å². The first kappa shape index (κ1) is 11.1. The van der Waals surface area contributed by atoms with Crippen LogP contribution in [0.2, 0.25) is 5.02 Å². The average molecular weight is 258 g/mol. The van der Waals surface area contributed by atoms with Crippen LogP contribution < -0.4 is 0 Å². The standard InChI is InChI=1S/C8H4Cl4O/c9-6-3-4(8(12)13)1-2-5(6)7(10)11/h1-3,7H. The van der Waals surface area contributed by atoms with E-state index in [1.807, 2.05) is 0 Å². The first-order valence-electron chi connectivity index (χ1n) is 3.30. The molecule has 0 heterocycles. The Bertz CT molecular complexity index is 335. The van der Waals surface area contributed by atoms with Crippen molar-refractivity contribution in [1.29, 1.82) is 0 Å². The molecule has 0 atom stereocenters. The van der Waals surface area contributed by atoms with E-state index in [4.69, 9.17) is 46.4 Å². The minimum absolute atomic E-state index is 0.324. The quantitative estimate of drug-likeness (QED) is 0.574. The number of alkyl halides is 2. The molecule has 0 aromatic heterocycles. The van der Waals surface area contributed by atoms with Crippen molar-refractivity contribution in [2.45, 2.75) is 4.84 Å². The Morgan fingerprint density at radius 3 is 2.31 bits per heavy atom. The fourth-order valence-corrected chi connectivity index (χ4v) is 1.73. The summed E-state index contributed by atoms with van der Waals surface area (Å²) in [5, 5.41) is -0.226. The van der Waals surface area contributed by atoms with E-state index in [9.17, 15) is 4.79 Å². The van der Waals surface area contributed by atoms with Crippen LogP contribution in [0.25, 0.3) is 0 Å². The van der Waals surface area contributed by atoms with E-state index in [1.165, 1.54) is 12.1 Å². The van der Waals surface area contributed by atoms with E-state index in [-0.39, 0.29) is 0 Å². The average Bonchev–Trinajstić information content (AvgIpc) is 2.03. The molecule has 0 aliphatic rings. The molecule has 0 saturated carbocycles. The lowest BCUT2D eigenvalue weighted by Gasteiger charge is -2.04. The monoisotopic (exact) mass is 256 g/mol. The van der Waals surface area contributed by atoms with Crippen LogP contribution in [0.15, 0.2) is 18.2 Å². The number of carbonyl (C=O) groups excluding carboxylic acids is 1. The molecule has 0 fully saturated rings. The molecule has 1 aromatic rings. The van der Waals surface area contributed by atoms with E-state index < -0.39 is 10.1 Å². The van der Waals surface area contributed by atoms with Crippen LogP contribution in [-0.4, -0.2) is 5.24 Å². The minimum atomic E-state index is -0.702. The Balaban J connectivity index is 3.13. The molecule has 0 N–H and O–H groups in total. The highest BCUT2D eigenvalue weighted by atomic mass is 35.5. The van der Waals surface area contributed by atoms with Gasteiger partial charge in [-0.15, -0.1) is 23.2 Å². The van der Waals surface area contributed by atoms with E-state index >= 15 is 0 Å². The van der Waals surface area contributed by atoms with Crippen molar-refractivity contribution in [3.63, 3.8) is 0 Å². The summed E-state index contributed by atoms with van der Waals surface area (Å²) >= 11 is 22.2. The second kappa shape index (κ2) is 4.52. The van der Waals surface area contributed by atoms with E-state index in [2.05, 4.69) is 0 Å². The van der Waals surface area contributed by atoms with Crippen LogP contribution in [0.1, 0.15) is 20.8 Å². The zero-order valence-electron chi connectivity index (χ0n) is 6.23. The lowest BCUT2D eigenvalue weighted by molar-refractivity contribution is 0.108. The fourth-order valence-electron chi connectivity index (χ4n) is 0.826.